The fourth-order valence-corrected chi connectivity index (χ4v) is 3.53. The molecule has 6 nitrogen and oxygen atoms in total. The van der Waals surface area contributed by atoms with E-state index in [1.165, 1.54) is 5.56 Å². The second-order valence-electron chi connectivity index (χ2n) is 6.67. The second-order valence-corrected chi connectivity index (χ2v) is 7.07. The van der Waals surface area contributed by atoms with Gasteiger partial charge in [-0.25, -0.2) is 0 Å². The van der Waals surface area contributed by atoms with Crippen molar-refractivity contribution in [2.45, 2.75) is 26.9 Å². The summed E-state index contributed by atoms with van der Waals surface area (Å²) < 4.78 is 12.6. The van der Waals surface area contributed by atoms with Gasteiger partial charge in [0, 0.05) is 23.4 Å². The highest BCUT2D eigenvalue weighted by molar-refractivity contribution is 6.32. The number of rotatable bonds is 5. The fourth-order valence-electron chi connectivity index (χ4n) is 3.27. The first-order valence-electron chi connectivity index (χ1n) is 8.97. The number of amides is 1. The number of fused-ring (bicyclic) bond motifs is 1. The normalized spacial score (nSPS) is 12.2. The van der Waals surface area contributed by atoms with Crippen LogP contribution in [0.3, 0.4) is 0 Å². The number of hydrogen-bond donors (Lipinski definition) is 1. The summed E-state index contributed by atoms with van der Waals surface area (Å²) in [7, 11) is 0. The number of carbonyl (C=O) groups is 1. The SMILES string of the molecule is Cc1nn(Cc2ccccc2)c(C)c1CNC(=O)c1cc(Cl)c2c(c1)OCO2. The van der Waals surface area contributed by atoms with E-state index in [0.29, 0.717) is 35.2 Å². The zero-order valence-electron chi connectivity index (χ0n) is 15.7. The number of ether oxygens (including phenoxy) is 2. The van der Waals surface area contributed by atoms with Crippen LogP contribution in [-0.2, 0) is 13.1 Å². The average molecular weight is 398 g/mol. The van der Waals surface area contributed by atoms with Gasteiger partial charge in [-0.05, 0) is 31.5 Å². The lowest BCUT2D eigenvalue weighted by atomic mass is 10.1. The van der Waals surface area contributed by atoms with Gasteiger partial charge < -0.3 is 14.8 Å². The van der Waals surface area contributed by atoms with Crippen LogP contribution < -0.4 is 14.8 Å². The predicted octanol–water partition coefficient (Wildman–Crippen LogP) is 3.86. The number of aryl methyl sites for hydroxylation is 1. The first-order chi connectivity index (χ1) is 13.5. The van der Waals surface area contributed by atoms with E-state index in [0.717, 1.165) is 17.0 Å². The maximum atomic E-state index is 12.6. The Balaban J connectivity index is 1.48. The number of nitrogens with zero attached hydrogens (tertiary/aromatic N) is 2. The van der Waals surface area contributed by atoms with E-state index in [-0.39, 0.29) is 12.7 Å². The summed E-state index contributed by atoms with van der Waals surface area (Å²) in [6.45, 7) is 5.16. The summed E-state index contributed by atoms with van der Waals surface area (Å²) >= 11 is 6.17. The lowest BCUT2D eigenvalue weighted by Gasteiger charge is -2.08. The van der Waals surface area contributed by atoms with Gasteiger partial charge in [-0.2, -0.15) is 5.10 Å². The first kappa shape index (κ1) is 18.4. The summed E-state index contributed by atoms with van der Waals surface area (Å²) in [6, 6.07) is 13.4. The quantitative estimate of drug-likeness (QED) is 0.710. The van der Waals surface area contributed by atoms with Gasteiger partial charge in [-0.15, -0.1) is 0 Å². The maximum Gasteiger partial charge on any atom is 0.251 e. The molecule has 0 saturated heterocycles. The molecule has 28 heavy (non-hydrogen) atoms. The molecular formula is C21H20ClN3O3. The monoisotopic (exact) mass is 397 g/mol. The molecule has 1 amide bonds. The van der Waals surface area contributed by atoms with Gasteiger partial charge in [0.1, 0.15) is 0 Å². The molecule has 2 heterocycles. The Kier molecular flexibility index (Phi) is 4.96. The van der Waals surface area contributed by atoms with Gasteiger partial charge >= 0.3 is 0 Å². The molecule has 144 valence electrons. The Morgan fingerprint density at radius 2 is 2.00 bits per heavy atom. The lowest BCUT2D eigenvalue weighted by Crippen LogP contribution is -2.23. The largest absolute Gasteiger partial charge is 0.454 e. The van der Waals surface area contributed by atoms with Gasteiger partial charge in [0.2, 0.25) is 6.79 Å². The van der Waals surface area contributed by atoms with E-state index in [2.05, 4.69) is 22.5 Å². The van der Waals surface area contributed by atoms with Crippen molar-refractivity contribution in [3.63, 3.8) is 0 Å². The molecule has 0 atom stereocenters. The highest BCUT2D eigenvalue weighted by atomic mass is 35.5. The molecule has 1 aliphatic rings. The topological polar surface area (TPSA) is 65.4 Å². The molecule has 1 N–H and O–H groups in total. The molecule has 7 heteroatoms. The highest BCUT2D eigenvalue weighted by Gasteiger charge is 2.21. The van der Waals surface area contributed by atoms with Crippen molar-refractivity contribution >= 4 is 17.5 Å². The van der Waals surface area contributed by atoms with Gasteiger partial charge in [-0.3, -0.25) is 9.48 Å². The maximum absolute atomic E-state index is 12.6. The van der Waals surface area contributed by atoms with Crippen LogP contribution in [0.1, 0.15) is 32.9 Å². The number of nitrogens with one attached hydrogen (secondary N) is 1. The van der Waals surface area contributed by atoms with Crippen LogP contribution in [0.25, 0.3) is 0 Å². The lowest BCUT2D eigenvalue weighted by molar-refractivity contribution is 0.0950. The van der Waals surface area contributed by atoms with Gasteiger partial charge in [0.15, 0.2) is 11.5 Å². The van der Waals surface area contributed by atoms with Crippen LogP contribution in [-0.4, -0.2) is 22.5 Å². The number of hydrogen-bond acceptors (Lipinski definition) is 4. The highest BCUT2D eigenvalue weighted by Crippen LogP contribution is 2.39. The van der Waals surface area contributed by atoms with E-state index in [9.17, 15) is 4.79 Å². The van der Waals surface area contributed by atoms with Crippen LogP contribution in [0, 0.1) is 13.8 Å². The van der Waals surface area contributed by atoms with Crippen molar-refractivity contribution in [2.24, 2.45) is 0 Å². The Morgan fingerprint density at radius 1 is 1.21 bits per heavy atom. The summed E-state index contributed by atoms with van der Waals surface area (Å²) in [5, 5.41) is 7.93. The van der Waals surface area contributed by atoms with Crippen LogP contribution in [0.15, 0.2) is 42.5 Å². The van der Waals surface area contributed by atoms with Gasteiger partial charge in [0.25, 0.3) is 5.91 Å². The smallest absolute Gasteiger partial charge is 0.251 e. The summed E-state index contributed by atoms with van der Waals surface area (Å²) in [6.07, 6.45) is 0. The van der Waals surface area contributed by atoms with Crippen molar-refractivity contribution in [3.8, 4) is 11.5 Å². The average Bonchev–Trinajstić information content (AvgIpc) is 3.26. The Labute approximate surface area is 168 Å². The van der Waals surface area contributed by atoms with Crippen LogP contribution >= 0.6 is 11.6 Å². The van der Waals surface area contributed by atoms with Gasteiger partial charge in [-0.1, -0.05) is 41.9 Å². The van der Waals surface area contributed by atoms with Crippen LogP contribution in [0.4, 0.5) is 0 Å². The third kappa shape index (κ3) is 3.55. The number of halogens is 1. The predicted molar refractivity (Wildman–Crippen MR) is 106 cm³/mol. The Hall–Kier alpha value is -2.99. The zero-order chi connectivity index (χ0) is 19.7. The zero-order valence-corrected chi connectivity index (χ0v) is 16.4. The second kappa shape index (κ2) is 7.56. The Morgan fingerprint density at radius 3 is 2.79 bits per heavy atom. The summed E-state index contributed by atoms with van der Waals surface area (Å²) in [5.74, 6) is 0.739. The Bertz CT molecular complexity index is 1030. The summed E-state index contributed by atoms with van der Waals surface area (Å²) in [5.41, 5.74) is 4.55. The summed E-state index contributed by atoms with van der Waals surface area (Å²) in [4.78, 5) is 12.6. The van der Waals surface area contributed by atoms with Crippen LogP contribution in [0.2, 0.25) is 5.02 Å². The number of aromatic nitrogens is 2. The standard InChI is InChI=1S/C21H20ClN3O3/c1-13-17(14(2)25(24-13)11-15-6-4-3-5-7-15)10-23-21(26)16-8-18(22)20-19(9-16)27-12-28-20/h3-9H,10-12H2,1-2H3,(H,23,26). The van der Waals surface area contributed by atoms with Gasteiger partial charge in [0.05, 0.1) is 17.3 Å². The number of carbonyl (C=O) groups excluding carboxylic acids is 1. The minimum atomic E-state index is -0.227. The molecule has 0 radical (unpaired) electrons. The van der Waals surface area contributed by atoms with E-state index in [4.69, 9.17) is 21.1 Å². The molecule has 0 fully saturated rings. The molecule has 0 unspecified atom stereocenters. The van der Waals surface area contributed by atoms with E-state index >= 15 is 0 Å². The van der Waals surface area contributed by atoms with E-state index in [1.807, 2.05) is 36.7 Å². The minimum Gasteiger partial charge on any atom is -0.454 e. The van der Waals surface area contributed by atoms with Crippen molar-refractivity contribution in [3.05, 3.63) is 75.6 Å². The van der Waals surface area contributed by atoms with Crippen molar-refractivity contribution in [1.29, 1.82) is 0 Å². The minimum absolute atomic E-state index is 0.110. The molecule has 1 aliphatic heterocycles. The fraction of sp³-hybridized carbons (Fsp3) is 0.238. The third-order valence-electron chi connectivity index (χ3n) is 4.82. The van der Waals surface area contributed by atoms with Crippen molar-refractivity contribution in [1.82, 2.24) is 15.1 Å². The molecular weight excluding hydrogens is 378 g/mol. The molecule has 0 aliphatic carbocycles. The molecule has 0 saturated carbocycles. The third-order valence-corrected chi connectivity index (χ3v) is 5.10. The first-order valence-corrected chi connectivity index (χ1v) is 9.35. The van der Waals surface area contributed by atoms with Crippen LogP contribution in [0.5, 0.6) is 11.5 Å². The molecule has 4 rings (SSSR count). The van der Waals surface area contributed by atoms with Crippen molar-refractivity contribution < 1.29 is 14.3 Å². The van der Waals surface area contributed by atoms with E-state index in [1.54, 1.807) is 12.1 Å². The molecule has 0 bridgehead atoms. The molecule has 1 aromatic heterocycles. The van der Waals surface area contributed by atoms with Crippen molar-refractivity contribution in [2.75, 3.05) is 6.79 Å². The number of benzene rings is 2. The molecule has 3 aromatic rings. The molecule has 0 spiro atoms. The molecule has 2 aromatic carbocycles. The van der Waals surface area contributed by atoms with E-state index < -0.39 is 0 Å².